The van der Waals surface area contributed by atoms with Gasteiger partial charge >= 0.3 is 5.97 Å². The van der Waals surface area contributed by atoms with Crippen molar-refractivity contribution in [1.29, 1.82) is 0 Å². The van der Waals surface area contributed by atoms with Crippen LogP contribution in [0.5, 0.6) is 11.5 Å². The summed E-state index contributed by atoms with van der Waals surface area (Å²) in [7, 11) is 2.98. The van der Waals surface area contributed by atoms with Gasteiger partial charge in [0.25, 0.3) is 0 Å². The minimum absolute atomic E-state index is 0.135. The third-order valence-corrected chi connectivity index (χ3v) is 7.08. The molecule has 3 aromatic rings. The Morgan fingerprint density at radius 1 is 1.05 bits per heavy atom. The van der Waals surface area contributed by atoms with E-state index in [0.717, 1.165) is 40.8 Å². The zero-order valence-corrected chi connectivity index (χ0v) is 21.8. The molecule has 192 valence electrons. The minimum Gasteiger partial charge on any atom is -0.497 e. The Kier molecular flexibility index (Phi) is 7.88. The van der Waals surface area contributed by atoms with Gasteiger partial charge in [-0.2, -0.15) is 0 Å². The molecule has 1 aliphatic rings. The summed E-state index contributed by atoms with van der Waals surface area (Å²) in [5.74, 6) is 4.25. The Bertz CT molecular complexity index is 1320. The van der Waals surface area contributed by atoms with Gasteiger partial charge in [-0.05, 0) is 91.1 Å². The summed E-state index contributed by atoms with van der Waals surface area (Å²) in [5.41, 5.74) is 3.37. The van der Waals surface area contributed by atoms with Crippen molar-refractivity contribution >= 4 is 5.97 Å². The average Bonchev–Trinajstić information content (AvgIpc) is 3.76. The molecule has 1 fully saturated rings. The largest absolute Gasteiger partial charge is 0.497 e. The highest BCUT2D eigenvalue weighted by atomic mass is 19.1. The van der Waals surface area contributed by atoms with Gasteiger partial charge in [-0.25, -0.2) is 4.39 Å². The number of terminal acetylenes is 1. The molecule has 0 radical (unpaired) electrons. The molecule has 0 aromatic heterocycles. The van der Waals surface area contributed by atoms with Gasteiger partial charge in [-0.15, -0.1) is 6.42 Å². The van der Waals surface area contributed by atoms with E-state index in [0.29, 0.717) is 30.3 Å². The predicted octanol–water partition coefficient (Wildman–Crippen LogP) is 7.05. The first-order valence-electron chi connectivity index (χ1n) is 12.5. The molecule has 37 heavy (non-hydrogen) atoms. The number of carbonyl (C=O) groups excluding carboxylic acids is 1. The van der Waals surface area contributed by atoms with Crippen LogP contribution in [-0.4, -0.2) is 20.2 Å². The Balaban J connectivity index is 1.60. The number of carbonyl (C=O) groups is 1. The fourth-order valence-corrected chi connectivity index (χ4v) is 4.67. The molecule has 0 amide bonds. The normalized spacial score (nSPS) is 13.9. The lowest BCUT2D eigenvalue weighted by Gasteiger charge is -2.24. The van der Waals surface area contributed by atoms with E-state index in [2.05, 4.69) is 5.92 Å². The highest BCUT2D eigenvalue weighted by Gasteiger charge is 2.34. The lowest BCUT2D eigenvalue weighted by Crippen LogP contribution is -2.16. The highest BCUT2D eigenvalue weighted by Crippen LogP contribution is 2.45. The molecule has 0 heterocycles. The maximum absolute atomic E-state index is 14.8. The first kappa shape index (κ1) is 26.3. The van der Waals surface area contributed by atoms with Crippen LogP contribution in [-0.2, 0) is 21.6 Å². The molecule has 0 N–H and O–H groups in total. The monoisotopic (exact) mass is 500 g/mol. The Morgan fingerprint density at radius 3 is 2.51 bits per heavy atom. The van der Waals surface area contributed by atoms with Crippen LogP contribution in [0.2, 0.25) is 0 Å². The van der Waals surface area contributed by atoms with Crippen molar-refractivity contribution in [3.8, 4) is 35.0 Å². The molecular formula is C32H33FO4. The second-order valence-corrected chi connectivity index (χ2v) is 10.1. The number of hydrogen-bond donors (Lipinski definition) is 0. The first-order valence-corrected chi connectivity index (χ1v) is 12.5. The van der Waals surface area contributed by atoms with E-state index in [9.17, 15) is 9.18 Å². The predicted molar refractivity (Wildman–Crippen MR) is 143 cm³/mol. The van der Waals surface area contributed by atoms with E-state index in [1.54, 1.807) is 19.2 Å². The number of benzene rings is 3. The molecule has 0 spiro atoms. The van der Waals surface area contributed by atoms with Gasteiger partial charge in [0.15, 0.2) is 0 Å². The number of halogens is 1. The van der Waals surface area contributed by atoms with Gasteiger partial charge in [-0.1, -0.05) is 36.3 Å². The van der Waals surface area contributed by atoms with Crippen LogP contribution in [0.4, 0.5) is 4.39 Å². The van der Waals surface area contributed by atoms with Crippen LogP contribution in [0.15, 0.2) is 60.7 Å². The molecule has 1 saturated carbocycles. The van der Waals surface area contributed by atoms with Crippen LogP contribution >= 0.6 is 0 Å². The van der Waals surface area contributed by atoms with Gasteiger partial charge in [0.1, 0.15) is 23.9 Å². The van der Waals surface area contributed by atoms with Crippen molar-refractivity contribution in [3.05, 3.63) is 83.2 Å². The number of methoxy groups -OCH3 is 2. The molecule has 4 nitrogen and oxygen atoms in total. The maximum atomic E-state index is 14.8. The van der Waals surface area contributed by atoms with Crippen molar-refractivity contribution in [2.75, 3.05) is 14.2 Å². The molecule has 1 aliphatic carbocycles. The van der Waals surface area contributed by atoms with E-state index >= 15 is 0 Å². The number of hydrogen-bond acceptors (Lipinski definition) is 4. The first-order chi connectivity index (χ1) is 17.7. The Labute approximate surface area is 218 Å². The van der Waals surface area contributed by atoms with Crippen molar-refractivity contribution in [1.82, 2.24) is 0 Å². The van der Waals surface area contributed by atoms with Crippen LogP contribution in [0.1, 0.15) is 55.7 Å². The van der Waals surface area contributed by atoms with Crippen molar-refractivity contribution in [3.63, 3.8) is 0 Å². The smallest absolute Gasteiger partial charge is 0.306 e. The van der Waals surface area contributed by atoms with E-state index in [-0.39, 0.29) is 17.7 Å². The van der Waals surface area contributed by atoms with Crippen LogP contribution in [0, 0.1) is 24.1 Å². The van der Waals surface area contributed by atoms with Crippen LogP contribution in [0.25, 0.3) is 11.1 Å². The van der Waals surface area contributed by atoms with Crippen LogP contribution in [0.3, 0.4) is 0 Å². The van der Waals surface area contributed by atoms with Gasteiger partial charge in [-0.3, -0.25) is 4.79 Å². The minimum atomic E-state index is -0.633. The Hall–Kier alpha value is -3.78. The molecule has 3 aromatic carbocycles. The quantitative estimate of drug-likeness (QED) is 0.221. The van der Waals surface area contributed by atoms with E-state index in [1.807, 2.05) is 56.3 Å². The van der Waals surface area contributed by atoms with E-state index in [1.165, 1.54) is 13.2 Å². The van der Waals surface area contributed by atoms with Gasteiger partial charge < -0.3 is 14.2 Å². The van der Waals surface area contributed by atoms with Crippen molar-refractivity contribution in [2.45, 2.75) is 51.0 Å². The van der Waals surface area contributed by atoms with Gasteiger partial charge in [0.05, 0.1) is 26.1 Å². The topological polar surface area (TPSA) is 44.8 Å². The summed E-state index contributed by atoms with van der Waals surface area (Å²) in [6.07, 6.45) is 8.50. The van der Waals surface area contributed by atoms with Crippen molar-refractivity contribution < 1.29 is 23.4 Å². The molecule has 0 bridgehead atoms. The van der Waals surface area contributed by atoms with E-state index in [4.69, 9.17) is 20.6 Å². The fraction of sp³-hybridized carbons (Fsp3) is 0.344. The number of esters is 1. The molecule has 5 heteroatoms. The summed E-state index contributed by atoms with van der Waals surface area (Å²) in [5, 5.41) is 0. The van der Waals surface area contributed by atoms with Gasteiger partial charge in [0.2, 0.25) is 0 Å². The number of ether oxygens (including phenoxy) is 3. The standard InChI is InChI=1S/C32H33FO4/c1-6-32(2,3)29-16-21(10-14-26(29)28-18-24(35-4)13-15-30(28)33)20-37-25-9-7-8-23(17-25)27(22-11-12-22)19-31(34)36-5/h1,7-10,13-18,22,27H,11-12,19-20H2,2-5H3. The lowest BCUT2D eigenvalue weighted by molar-refractivity contribution is -0.141. The molecule has 1 unspecified atom stereocenters. The SMILES string of the molecule is C#CC(C)(C)c1cc(COc2cccc(C(CC(=O)OC)C3CC3)c2)ccc1-c1cc(OC)ccc1F. The molecule has 4 rings (SSSR count). The molecule has 0 saturated heterocycles. The third kappa shape index (κ3) is 6.14. The van der Waals surface area contributed by atoms with Crippen LogP contribution < -0.4 is 9.47 Å². The fourth-order valence-electron chi connectivity index (χ4n) is 4.67. The number of rotatable bonds is 10. The lowest BCUT2D eigenvalue weighted by atomic mass is 9.80. The second kappa shape index (κ2) is 11.1. The Morgan fingerprint density at radius 2 is 1.84 bits per heavy atom. The van der Waals surface area contributed by atoms with Gasteiger partial charge in [0, 0.05) is 5.56 Å². The summed E-state index contributed by atoms with van der Waals surface area (Å²) in [6.45, 7) is 4.21. The summed E-state index contributed by atoms with van der Waals surface area (Å²) >= 11 is 0. The van der Waals surface area contributed by atoms with E-state index < -0.39 is 5.41 Å². The highest BCUT2D eigenvalue weighted by molar-refractivity contribution is 5.72. The average molecular weight is 501 g/mol. The molecule has 1 atom stereocenters. The second-order valence-electron chi connectivity index (χ2n) is 10.1. The summed E-state index contributed by atoms with van der Waals surface area (Å²) < 4.78 is 31.2. The molecule has 0 aliphatic heterocycles. The maximum Gasteiger partial charge on any atom is 0.306 e. The zero-order chi connectivity index (χ0) is 26.6. The summed E-state index contributed by atoms with van der Waals surface area (Å²) in [4.78, 5) is 12.0. The summed E-state index contributed by atoms with van der Waals surface area (Å²) in [6, 6.07) is 18.4. The zero-order valence-electron chi connectivity index (χ0n) is 21.8. The van der Waals surface area contributed by atoms with Crippen molar-refractivity contribution in [2.24, 2.45) is 5.92 Å². The third-order valence-electron chi connectivity index (χ3n) is 7.08. The molecular weight excluding hydrogens is 467 g/mol.